The first kappa shape index (κ1) is 6.09. The molecule has 0 atom stereocenters. The Labute approximate surface area is 51.3 Å². The fraction of sp³-hybridized carbons (Fsp3) is 1.00. The van der Waals surface area contributed by atoms with E-state index in [1.807, 2.05) is 0 Å². The Bertz CT molecular complexity index is 62.0. The van der Waals surface area contributed by atoms with Crippen molar-refractivity contribution in [3.05, 3.63) is 0 Å². The van der Waals surface area contributed by atoms with E-state index in [-0.39, 0.29) is 0 Å². The van der Waals surface area contributed by atoms with Crippen LogP contribution in [0.1, 0.15) is 26.2 Å². The minimum atomic E-state index is 0.886. The van der Waals surface area contributed by atoms with Crippen molar-refractivity contribution in [1.82, 2.24) is 0 Å². The van der Waals surface area contributed by atoms with Crippen molar-refractivity contribution in [3.63, 3.8) is 0 Å². The molecule has 1 fully saturated rings. The van der Waals surface area contributed by atoms with Gasteiger partial charge in [-0.25, -0.2) is 0 Å². The highest BCUT2D eigenvalue weighted by molar-refractivity contribution is 4.75. The molecule has 0 aromatic carbocycles. The molecule has 0 spiro atoms. The Morgan fingerprint density at radius 3 is 2.50 bits per heavy atom. The quantitative estimate of drug-likeness (QED) is 0.575. The molecule has 0 aromatic rings. The zero-order valence-corrected chi connectivity index (χ0v) is 5.56. The van der Waals surface area contributed by atoms with Crippen LogP contribution in [0.3, 0.4) is 0 Å². The summed E-state index contributed by atoms with van der Waals surface area (Å²) in [6.45, 7) is 3.20. The van der Waals surface area contributed by atoms with Crippen molar-refractivity contribution in [1.29, 1.82) is 0 Å². The average molecular weight is 113 g/mol. The standard InChI is InChI=1S/C7H15N/c1-6-4-7(5-6)2-3-8/h6-7H,2-5,8H2,1H3. The Balaban J connectivity index is 1.98. The summed E-state index contributed by atoms with van der Waals surface area (Å²) in [6, 6.07) is 0. The Hall–Kier alpha value is -0.0400. The van der Waals surface area contributed by atoms with Gasteiger partial charge in [0.15, 0.2) is 0 Å². The highest BCUT2D eigenvalue weighted by Crippen LogP contribution is 2.34. The summed E-state index contributed by atoms with van der Waals surface area (Å²) in [5.41, 5.74) is 5.38. The molecule has 2 N–H and O–H groups in total. The monoisotopic (exact) mass is 113 g/mol. The molecule has 1 rings (SSSR count). The van der Waals surface area contributed by atoms with Gasteiger partial charge >= 0.3 is 0 Å². The van der Waals surface area contributed by atoms with E-state index >= 15 is 0 Å². The van der Waals surface area contributed by atoms with Gasteiger partial charge in [0, 0.05) is 0 Å². The van der Waals surface area contributed by atoms with Crippen LogP contribution in [0, 0.1) is 11.8 Å². The summed E-state index contributed by atoms with van der Waals surface area (Å²) in [5.74, 6) is 1.97. The fourth-order valence-electron chi connectivity index (χ4n) is 1.54. The molecule has 0 saturated heterocycles. The van der Waals surface area contributed by atoms with Crippen molar-refractivity contribution in [2.24, 2.45) is 17.6 Å². The maximum Gasteiger partial charge on any atom is -0.00746 e. The van der Waals surface area contributed by atoms with Gasteiger partial charge in [0.25, 0.3) is 0 Å². The van der Waals surface area contributed by atoms with Gasteiger partial charge in [-0.1, -0.05) is 6.92 Å². The summed E-state index contributed by atoms with van der Waals surface area (Å²) >= 11 is 0. The molecule has 0 unspecified atom stereocenters. The topological polar surface area (TPSA) is 26.0 Å². The molecule has 1 heteroatoms. The molecule has 0 aromatic heterocycles. The smallest absolute Gasteiger partial charge is 0.00746 e. The van der Waals surface area contributed by atoms with Crippen molar-refractivity contribution < 1.29 is 0 Å². The van der Waals surface area contributed by atoms with E-state index < -0.39 is 0 Å². The maximum absolute atomic E-state index is 5.38. The number of nitrogens with two attached hydrogens (primary N) is 1. The number of hydrogen-bond acceptors (Lipinski definition) is 1. The number of rotatable bonds is 2. The minimum absolute atomic E-state index is 0.886. The average Bonchev–Trinajstić information content (AvgIpc) is 1.64. The van der Waals surface area contributed by atoms with Gasteiger partial charge in [0.1, 0.15) is 0 Å². The summed E-state index contributed by atoms with van der Waals surface area (Å²) in [4.78, 5) is 0. The SMILES string of the molecule is CC1CC(CCN)C1. The van der Waals surface area contributed by atoms with E-state index in [1.54, 1.807) is 0 Å². The molecule has 1 saturated carbocycles. The van der Waals surface area contributed by atoms with Gasteiger partial charge in [0.2, 0.25) is 0 Å². The second kappa shape index (κ2) is 2.49. The van der Waals surface area contributed by atoms with Crippen molar-refractivity contribution >= 4 is 0 Å². The normalized spacial score (nSPS) is 36.8. The first-order valence-corrected chi connectivity index (χ1v) is 3.53. The van der Waals surface area contributed by atoms with Crippen molar-refractivity contribution in [2.45, 2.75) is 26.2 Å². The molecule has 0 heterocycles. The zero-order chi connectivity index (χ0) is 5.98. The Morgan fingerprint density at radius 1 is 1.50 bits per heavy atom. The molecule has 0 radical (unpaired) electrons. The lowest BCUT2D eigenvalue weighted by molar-refractivity contribution is 0.202. The molecule has 0 aliphatic heterocycles. The van der Waals surface area contributed by atoms with Gasteiger partial charge in [-0.2, -0.15) is 0 Å². The number of hydrogen-bond donors (Lipinski definition) is 1. The third-order valence-electron chi connectivity index (χ3n) is 2.05. The van der Waals surface area contributed by atoms with Crippen LogP contribution in [0.15, 0.2) is 0 Å². The molecular weight excluding hydrogens is 98.1 g/mol. The van der Waals surface area contributed by atoms with Crippen LogP contribution in [0.25, 0.3) is 0 Å². The van der Waals surface area contributed by atoms with Gasteiger partial charge < -0.3 is 5.73 Å². The van der Waals surface area contributed by atoms with E-state index in [9.17, 15) is 0 Å². The lowest BCUT2D eigenvalue weighted by Crippen LogP contribution is -2.23. The highest BCUT2D eigenvalue weighted by Gasteiger charge is 2.23. The second-order valence-corrected chi connectivity index (χ2v) is 3.02. The molecule has 0 amide bonds. The summed E-state index contributed by atoms with van der Waals surface area (Å²) in [5, 5.41) is 0. The van der Waals surface area contributed by atoms with Crippen LogP contribution in [-0.2, 0) is 0 Å². The van der Waals surface area contributed by atoms with E-state index in [4.69, 9.17) is 5.73 Å². The maximum atomic E-state index is 5.38. The van der Waals surface area contributed by atoms with E-state index in [0.29, 0.717) is 0 Å². The Morgan fingerprint density at radius 2 is 2.12 bits per heavy atom. The summed E-state index contributed by atoms with van der Waals surface area (Å²) in [6.07, 6.45) is 4.11. The van der Waals surface area contributed by atoms with Gasteiger partial charge in [-0.05, 0) is 37.6 Å². The van der Waals surface area contributed by atoms with Crippen LogP contribution < -0.4 is 5.73 Å². The predicted octanol–water partition coefficient (Wildman–Crippen LogP) is 1.38. The van der Waals surface area contributed by atoms with Crippen molar-refractivity contribution in [2.75, 3.05) is 6.54 Å². The third kappa shape index (κ3) is 1.22. The first-order valence-electron chi connectivity index (χ1n) is 3.53. The minimum Gasteiger partial charge on any atom is -0.330 e. The van der Waals surface area contributed by atoms with Crippen LogP contribution >= 0.6 is 0 Å². The van der Waals surface area contributed by atoms with Gasteiger partial charge in [-0.15, -0.1) is 0 Å². The van der Waals surface area contributed by atoms with Crippen LogP contribution in [0.2, 0.25) is 0 Å². The lowest BCUT2D eigenvalue weighted by atomic mass is 9.74. The lowest BCUT2D eigenvalue weighted by Gasteiger charge is -2.32. The fourth-order valence-corrected chi connectivity index (χ4v) is 1.54. The van der Waals surface area contributed by atoms with Crippen LogP contribution in [0.4, 0.5) is 0 Å². The first-order chi connectivity index (χ1) is 3.83. The largest absolute Gasteiger partial charge is 0.330 e. The van der Waals surface area contributed by atoms with Crippen LogP contribution in [0.5, 0.6) is 0 Å². The molecule has 48 valence electrons. The van der Waals surface area contributed by atoms with E-state index in [0.717, 1.165) is 18.4 Å². The molecular formula is C7H15N. The predicted molar refractivity (Wildman–Crippen MR) is 35.6 cm³/mol. The molecule has 0 bridgehead atoms. The zero-order valence-electron chi connectivity index (χ0n) is 5.56. The second-order valence-electron chi connectivity index (χ2n) is 3.02. The molecule has 1 nitrogen and oxygen atoms in total. The Kier molecular flexibility index (Phi) is 1.90. The summed E-state index contributed by atoms with van der Waals surface area (Å²) < 4.78 is 0. The van der Waals surface area contributed by atoms with E-state index in [1.165, 1.54) is 19.3 Å². The highest BCUT2D eigenvalue weighted by atomic mass is 14.5. The van der Waals surface area contributed by atoms with Gasteiger partial charge in [-0.3, -0.25) is 0 Å². The molecule has 1 aliphatic rings. The molecule has 8 heavy (non-hydrogen) atoms. The van der Waals surface area contributed by atoms with Crippen LogP contribution in [-0.4, -0.2) is 6.54 Å². The van der Waals surface area contributed by atoms with E-state index in [2.05, 4.69) is 6.92 Å². The van der Waals surface area contributed by atoms with Crippen molar-refractivity contribution in [3.8, 4) is 0 Å². The molecule has 1 aliphatic carbocycles. The summed E-state index contributed by atoms with van der Waals surface area (Å²) in [7, 11) is 0. The third-order valence-corrected chi connectivity index (χ3v) is 2.05. The van der Waals surface area contributed by atoms with Gasteiger partial charge in [0.05, 0.1) is 0 Å².